The van der Waals surface area contributed by atoms with E-state index in [1.807, 2.05) is 20.0 Å². The summed E-state index contributed by atoms with van der Waals surface area (Å²) >= 11 is 0. The van der Waals surface area contributed by atoms with Crippen LogP contribution >= 0.6 is 0 Å². The summed E-state index contributed by atoms with van der Waals surface area (Å²) in [5.74, 6) is 0.970. The van der Waals surface area contributed by atoms with Crippen molar-refractivity contribution < 1.29 is 14.3 Å². The lowest BCUT2D eigenvalue weighted by atomic mass is 9.79. The molecule has 5 rings (SSSR count). The zero-order valence-electron chi connectivity index (χ0n) is 17.2. The normalized spacial score (nSPS) is 17.2. The molecule has 3 aliphatic rings. The Labute approximate surface area is 175 Å². The van der Waals surface area contributed by atoms with Crippen molar-refractivity contribution >= 4 is 11.7 Å². The van der Waals surface area contributed by atoms with E-state index in [1.165, 1.54) is 6.42 Å². The first-order valence-electron chi connectivity index (χ1n) is 10.4. The lowest BCUT2D eigenvalue weighted by Gasteiger charge is -2.31. The number of aryl methyl sites for hydroxylation is 1. The highest BCUT2D eigenvalue weighted by atomic mass is 16.6. The van der Waals surface area contributed by atoms with Gasteiger partial charge in [-0.3, -0.25) is 4.98 Å². The van der Waals surface area contributed by atoms with Crippen molar-refractivity contribution in [2.24, 2.45) is 0 Å². The van der Waals surface area contributed by atoms with Gasteiger partial charge in [-0.15, -0.1) is 0 Å². The average molecular weight is 401 g/mol. The van der Waals surface area contributed by atoms with Crippen LogP contribution in [-0.2, 0) is 17.6 Å². The van der Waals surface area contributed by atoms with Crippen molar-refractivity contribution in [2.75, 3.05) is 11.9 Å². The summed E-state index contributed by atoms with van der Waals surface area (Å²) in [6, 6.07) is 5.51. The number of esters is 1. The molecule has 2 aromatic rings. The number of carbonyl (C=O) groups is 1. The number of anilines is 1. The van der Waals surface area contributed by atoms with E-state index in [9.17, 15) is 10.1 Å². The fourth-order valence-electron chi connectivity index (χ4n) is 4.47. The lowest BCUT2D eigenvalue weighted by molar-refractivity contribution is -0.130. The van der Waals surface area contributed by atoms with Crippen LogP contribution in [0.15, 0.2) is 29.6 Å². The van der Waals surface area contributed by atoms with Crippen molar-refractivity contribution in [1.29, 1.82) is 5.26 Å². The standard InChI is InChI=1S/C24H23N3O3/c1-13-12-26-22(15-4-3-5-15)19-10-18(14(2)27-21(13)19)24(28)30-20-7-6-16(11-25)17-8-9-29-23(17)20/h6-7,12,15,27H,3-5,8-10H2,1-2H3. The largest absolute Gasteiger partial charge is 0.489 e. The van der Waals surface area contributed by atoms with Gasteiger partial charge in [0.25, 0.3) is 0 Å². The molecule has 1 aliphatic carbocycles. The van der Waals surface area contributed by atoms with Crippen molar-refractivity contribution in [3.8, 4) is 17.6 Å². The molecule has 0 radical (unpaired) electrons. The highest BCUT2D eigenvalue weighted by Gasteiger charge is 2.31. The van der Waals surface area contributed by atoms with Crippen LogP contribution in [0, 0.1) is 18.3 Å². The van der Waals surface area contributed by atoms with Gasteiger partial charge in [-0.1, -0.05) is 6.42 Å². The maximum Gasteiger partial charge on any atom is 0.341 e. The van der Waals surface area contributed by atoms with Gasteiger partial charge in [-0.2, -0.15) is 5.26 Å². The quantitative estimate of drug-likeness (QED) is 0.609. The number of nitrogens with zero attached hydrogens (tertiary/aromatic N) is 2. The topological polar surface area (TPSA) is 84.2 Å². The minimum absolute atomic E-state index is 0.374. The first kappa shape index (κ1) is 18.7. The minimum atomic E-state index is -0.394. The van der Waals surface area contributed by atoms with E-state index in [0.29, 0.717) is 48.0 Å². The number of pyridine rings is 1. The zero-order valence-corrected chi connectivity index (χ0v) is 17.2. The number of rotatable bonds is 3. The highest BCUT2D eigenvalue weighted by Crippen LogP contribution is 2.43. The maximum absolute atomic E-state index is 13.1. The molecular formula is C24H23N3O3. The van der Waals surface area contributed by atoms with Crippen LogP contribution in [0.1, 0.15) is 60.1 Å². The third-order valence-electron chi connectivity index (χ3n) is 6.41. The molecule has 6 nitrogen and oxygen atoms in total. The predicted octanol–water partition coefficient (Wildman–Crippen LogP) is 4.31. The number of nitrogens with one attached hydrogen (secondary N) is 1. The van der Waals surface area contributed by atoms with Crippen LogP contribution in [0.25, 0.3) is 0 Å². The summed E-state index contributed by atoms with van der Waals surface area (Å²) in [5, 5.41) is 12.7. The van der Waals surface area contributed by atoms with Gasteiger partial charge < -0.3 is 14.8 Å². The van der Waals surface area contributed by atoms with E-state index in [0.717, 1.165) is 46.6 Å². The van der Waals surface area contributed by atoms with Gasteiger partial charge in [0.05, 0.1) is 23.8 Å². The van der Waals surface area contributed by atoms with Crippen molar-refractivity contribution in [3.05, 3.63) is 57.5 Å². The molecule has 1 aromatic heterocycles. The molecule has 1 aromatic carbocycles. The SMILES string of the molecule is CC1=C(C(=O)Oc2ccc(C#N)c3c2OCC3)Cc2c(C3CCC3)ncc(C)c2N1. The van der Waals surface area contributed by atoms with Gasteiger partial charge in [-0.05, 0) is 44.4 Å². The summed E-state index contributed by atoms with van der Waals surface area (Å²) in [6.45, 7) is 4.43. The summed E-state index contributed by atoms with van der Waals surface area (Å²) < 4.78 is 11.4. The molecule has 0 amide bonds. The number of aromatic nitrogens is 1. The van der Waals surface area contributed by atoms with Gasteiger partial charge in [0.15, 0.2) is 11.5 Å². The Morgan fingerprint density at radius 1 is 1.30 bits per heavy atom. The van der Waals surface area contributed by atoms with Crippen LogP contribution in [0.2, 0.25) is 0 Å². The summed E-state index contributed by atoms with van der Waals surface area (Å²) in [5.41, 5.74) is 7.15. The summed E-state index contributed by atoms with van der Waals surface area (Å²) in [4.78, 5) is 17.8. The fourth-order valence-corrected chi connectivity index (χ4v) is 4.47. The van der Waals surface area contributed by atoms with Gasteiger partial charge in [-0.25, -0.2) is 4.79 Å². The molecule has 0 unspecified atom stereocenters. The Hall–Kier alpha value is -3.33. The molecule has 0 spiro atoms. The molecule has 2 aliphatic heterocycles. The molecule has 0 bridgehead atoms. The van der Waals surface area contributed by atoms with Crippen molar-refractivity contribution in [1.82, 2.24) is 4.98 Å². The molecule has 152 valence electrons. The van der Waals surface area contributed by atoms with Crippen LogP contribution in [0.4, 0.5) is 5.69 Å². The number of nitriles is 1. The summed E-state index contributed by atoms with van der Waals surface area (Å²) in [6.07, 6.45) is 6.62. The molecule has 30 heavy (non-hydrogen) atoms. The molecule has 6 heteroatoms. The Bertz CT molecular complexity index is 1140. The second-order valence-electron chi connectivity index (χ2n) is 8.23. The minimum Gasteiger partial charge on any atom is -0.489 e. The average Bonchev–Trinajstić information content (AvgIpc) is 3.19. The Balaban J connectivity index is 1.45. The number of hydrogen-bond donors (Lipinski definition) is 1. The van der Waals surface area contributed by atoms with E-state index in [2.05, 4.69) is 11.4 Å². The fraction of sp³-hybridized carbons (Fsp3) is 0.375. The number of fused-ring (bicyclic) bond motifs is 2. The van der Waals surface area contributed by atoms with Crippen molar-refractivity contribution in [3.63, 3.8) is 0 Å². The number of hydrogen-bond acceptors (Lipinski definition) is 6. The monoisotopic (exact) mass is 401 g/mol. The number of ether oxygens (including phenoxy) is 2. The lowest BCUT2D eigenvalue weighted by Crippen LogP contribution is -2.24. The van der Waals surface area contributed by atoms with Crippen LogP contribution in [-0.4, -0.2) is 17.6 Å². The molecular weight excluding hydrogens is 378 g/mol. The third-order valence-corrected chi connectivity index (χ3v) is 6.41. The van der Waals surface area contributed by atoms with Crippen LogP contribution in [0.5, 0.6) is 11.5 Å². The molecule has 1 fully saturated rings. The van der Waals surface area contributed by atoms with E-state index in [-0.39, 0.29) is 0 Å². The van der Waals surface area contributed by atoms with Crippen LogP contribution in [0.3, 0.4) is 0 Å². The summed E-state index contributed by atoms with van der Waals surface area (Å²) in [7, 11) is 0. The van der Waals surface area contributed by atoms with Gasteiger partial charge in [0.1, 0.15) is 0 Å². The van der Waals surface area contributed by atoms with E-state index >= 15 is 0 Å². The molecule has 0 atom stereocenters. The van der Waals surface area contributed by atoms with E-state index in [4.69, 9.17) is 14.5 Å². The second-order valence-corrected chi connectivity index (χ2v) is 8.23. The molecule has 1 N–H and O–H groups in total. The van der Waals surface area contributed by atoms with Gasteiger partial charge >= 0.3 is 5.97 Å². The first-order valence-corrected chi connectivity index (χ1v) is 10.4. The number of benzene rings is 1. The number of carbonyl (C=O) groups excluding carboxylic acids is 1. The Morgan fingerprint density at radius 3 is 2.87 bits per heavy atom. The van der Waals surface area contributed by atoms with Gasteiger partial charge in [0, 0.05) is 53.2 Å². The maximum atomic E-state index is 13.1. The van der Waals surface area contributed by atoms with Crippen molar-refractivity contribution in [2.45, 2.75) is 51.9 Å². The number of allylic oxidation sites excluding steroid dienone is 1. The third kappa shape index (κ3) is 2.93. The molecule has 0 saturated heterocycles. The highest BCUT2D eigenvalue weighted by molar-refractivity contribution is 5.94. The van der Waals surface area contributed by atoms with E-state index < -0.39 is 5.97 Å². The van der Waals surface area contributed by atoms with E-state index in [1.54, 1.807) is 12.1 Å². The zero-order chi connectivity index (χ0) is 20.8. The first-order chi connectivity index (χ1) is 14.6. The molecule has 3 heterocycles. The predicted molar refractivity (Wildman–Crippen MR) is 112 cm³/mol. The smallest absolute Gasteiger partial charge is 0.341 e. The molecule has 1 saturated carbocycles. The Kier molecular flexibility index (Phi) is 4.47. The Morgan fingerprint density at radius 2 is 2.13 bits per heavy atom. The van der Waals surface area contributed by atoms with Gasteiger partial charge in [0.2, 0.25) is 0 Å². The van der Waals surface area contributed by atoms with Crippen LogP contribution < -0.4 is 14.8 Å². The second kappa shape index (κ2) is 7.17.